The zero-order chi connectivity index (χ0) is 15.5. The van der Waals surface area contributed by atoms with Gasteiger partial charge in [0.05, 0.1) is 11.9 Å². The van der Waals surface area contributed by atoms with E-state index >= 15 is 0 Å². The van der Waals surface area contributed by atoms with Crippen LogP contribution in [0.25, 0.3) is 0 Å². The van der Waals surface area contributed by atoms with E-state index in [1.54, 1.807) is 7.11 Å². The van der Waals surface area contributed by atoms with Crippen molar-refractivity contribution in [3.8, 4) is 0 Å². The average Bonchev–Trinajstić information content (AvgIpc) is 2.93. The fraction of sp³-hybridized carbons (Fsp3) is 0.923. The highest BCUT2D eigenvalue weighted by Gasteiger charge is 2.36. The first kappa shape index (κ1) is 17.1. The Hall–Kier alpha value is -0.310. The van der Waals surface area contributed by atoms with E-state index in [1.165, 1.54) is 10.6 Å². The van der Waals surface area contributed by atoms with Crippen molar-refractivity contribution in [2.45, 2.75) is 24.9 Å². The molecule has 122 valence electrons. The van der Waals surface area contributed by atoms with Crippen LogP contribution in [0.15, 0.2) is 0 Å². The van der Waals surface area contributed by atoms with Crippen molar-refractivity contribution in [1.29, 1.82) is 0 Å². The molecule has 1 N–H and O–H groups in total. The Morgan fingerprint density at radius 1 is 1.43 bits per heavy atom. The summed E-state index contributed by atoms with van der Waals surface area (Å²) in [4.78, 5) is 12.2. The molecule has 0 aromatic carbocycles. The first-order valence-electron chi connectivity index (χ1n) is 7.22. The number of nitrogens with zero attached hydrogens (tertiary/aromatic N) is 1. The second-order valence-corrected chi connectivity index (χ2v) is 8.93. The minimum absolute atomic E-state index is 0.0245. The quantitative estimate of drug-likeness (QED) is 0.781. The van der Waals surface area contributed by atoms with E-state index in [1.807, 2.05) is 11.8 Å². The molecule has 2 aliphatic heterocycles. The van der Waals surface area contributed by atoms with E-state index in [0.717, 1.165) is 17.9 Å². The summed E-state index contributed by atoms with van der Waals surface area (Å²) in [5.41, 5.74) is -0.228. The molecule has 0 saturated carbocycles. The maximum atomic E-state index is 12.2. The van der Waals surface area contributed by atoms with Gasteiger partial charge < -0.3 is 10.1 Å². The number of amides is 1. The van der Waals surface area contributed by atoms with Crippen molar-refractivity contribution in [2.75, 3.05) is 44.5 Å². The highest BCUT2D eigenvalue weighted by Crippen LogP contribution is 2.30. The number of thioether (sulfide) groups is 1. The Morgan fingerprint density at radius 3 is 2.57 bits per heavy atom. The van der Waals surface area contributed by atoms with Crippen molar-refractivity contribution < 1.29 is 17.9 Å². The molecule has 0 unspecified atom stereocenters. The van der Waals surface area contributed by atoms with E-state index in [-0.39, 0.29) is 17.4 Å². The number of hydrogen-bond donors (Lipinski definition) is 1. The number of carbonyl (C=O) groups excluding carboxylic acids is 1. The third-order valence-corrected chi connectivity index (χ3v) is 6.90. The van der Waals surface area contributed by atoms with Crippen LogP contribution in [0.3, 0.4) is 0 Å². The number of rotatable bonds is 5. The van der Waals surface area contributed by atoms with Gasteiger partial charge in [-0.1, -0.05) is 0 Å². The van der Waals surface area contributed by atoms with Gasteiger partial charge in [0.1, 0.15) is 0 Å². The lowest BCUT2D eigenvalue weighted by atomic mass is 9.96. The SMILES string of the molecule is CO[C@]1(CNC(=O)C2CCN(S(C)(=O)=O)CC2)CCSC1. The van der Waals surface area contributed by atoms with E-state index < -0.39 is 10.0 Å². The molecule has 0 aromatic heterocycles. The van der Waals surface area contributed by atoms with Crippen LogP contribution in [0, 0.1) is 5.92 Å². The van der Waals surface area contributed by atoms with Gasteiger partial charge in [0.25, 0.3) is 0 Å². The van der Waals surface area contributed by atoms with Gasteiger partial charge in [0.15, 0.2) is 0 Å². The number of carbonyl (C=O) groups is 1. The lowest BCUT2D eigenvalue weighted by Crippen LogP contribution is -2.48. The van der Waals surface area contributed by atoms with Gasteiger partial charge in [-0.05, 0) is 25.0 Å². The molecule has 1 atom stereocenters. The number of piperidine rings is 1. The van der Waals surface area contributed by atoms with Gasteiger partial charge in [-0.25, -0.2) is 12.7 Å². The highest BCUT2D eigenvalue weighted by atomic mass is 32.2. The summed E-state index contributed by atoms with van der Waals surface area (Å²) in [5, 5.41) is 2.99. The minimum atomic E-state index is -3.14. The Bertz CT molecular complexity index is 467. The van der Waals surface area contributed by atoms with Gasteiger partial charge in [0, 0.05) is 38.4 Å². The lowest BCUT2D eigenvalue weighted by molar-refractivity contribution is -0.127. The smallest absolute Gasteiger partial charge is 0.223 e. The number of nitrogens with one attached hydrogen (secondary N) is 1. The predicted octanol–water partition coefficient (Wildman–Crippen LogP) is 0.296. The molecular formula is C13H24N2O4S2. The van der Waals surface area contributed by atoms with Gasteiger partial charge in [-0.15, -0.1) is 0 Å². The van der Waals surface area contributed by atoms with Gasteiger partial charge in [0.2, 0.25) is 15.9 Å². The Morgan fingerprint density at radius 2 is 2.10 bits per heavy atom. The van der Waals surface area contributed by atoms with Crippen LogP contribution in [0.4, 0.5) is 0 Å². The van der Waals surface area contributed by atoms with Crippen LogP contribution in [0.1, 0.15) is 19.3 Å². The number of sulfonamides is 1. The maximum absolute atomic E-state index is 12.2. The first-order valence-corrected chi connectivity index (χ1v) is 10.2. The third-order valence-electron chi connectivity index (χ3n) is 4.38. The highest BCUT2D eigenvalue weighted by molar-refractivity contribution is 7.99. The van der Waals surface area contributed by atoms with Crippen LogP contribution < -0.4 is 5.32 Å². The molecule has 2 heterocycles. The molecule has 0 spiro atoms. The normalized spacial score (nSPS) is 28.7. The molecule has 2 fully saturated rings. The van der Waals surface area contributed by atoms with E-state index in [2.05, 4.69) is 5.32 Å². The molecule has 0 aromatic rings. The second-order valence-electron chi connectivity index (χ2n) is 5.84. The minimum Gasteiger partial charge on any atom is -0.376 e. The van der Waals surface area contributed by atoms with Gasteiger partial charge in [-0.3, -0.25) is 4.79 Å². The van der Waals surface area contributed by atoms with Crippen molar-refractivity contribution in [3.63, 3.8) is 0 Å². The summed E-state index contributed by atoms with van der Waals surface area (Å²) in [6, 6.07) is 0. The molecule has 0 radical (unpaired) electrons. The molecule has 0 aliphatic carbocycles. The van der Waals surface area contributed by atoms with Crippen molar-refractivity contribution >= 4 is 27.7 Å². The molecule has 2 rings (SSSR count). The topological polar surface area (TPSA) is 75.7 Å². The summed E-state index contributed by atoms with van der Waals surface area (Å²) < 4.78 is 29.9. The number of hydrogen-bond acceptors (Lipinski definition) is 5. The Kier molecular flexibility index (Phi) is 5.56. The van der Waals surface area contributed by atoms with E-state index in [0.29, 0.717) is 32.5 Å². The number of ether oxygens (including phenoxy) is 1. The first-order chi connectivity index (χ1) is 9.86. The van der Waals surface area contributed by atoms with Gasteiger partial charge in [-0.2, -0.15) is 11.8 Å². The summed E-state index contributed by atoms with van der Waals surface area (Å²) >= 11 is 1.85. The van der Waals surface area contributed by atoms with Crippen LogP contribution in [-0.2, 0) is 19.6 Å². The molecule has 21 heavy (non-hydrogen) atoms. The van der Waals surface area contributed by atoms with E-state index in [9.17, 15) is 13.2 Å². The average molecular weight is 336 g/mol. The lowest BCUT2D eigenvalue weighted by Gasteiger charge is -2.31. The zero-order valence-corrected chi connectivity index (χ0v) is 14.3. The molecular weight excluding hydrogens is 312 g/mol. The zero-order valence-electron chi connectivity index (χ0n) is 12.6. The van der Waals surface area contributed by atoms with Crippen LogP contribution in [0.5, 0.6) is 0 Å². The van der Waals surface area contributed by atoms with E-state index in [4.69, 9.17) is 4.74 Å². The van der Waals surface area contributed by atoms with Crippen molar-refractivity contribution in [3.05, 3.63) is 0 Å². The molecule has 2 saturated heterocycles. The molecule has 8 heteroatoms. The summed E-state index contributed by atoms with van der Waals surface area (Å²) in [6.45, 7) is 1.41. The predicted molar refractivity (Wildman–Crippen MR) is 83.8 cm³/mol. The fourth-order valence-electron chi connectivity index (χ4n) is 2.80. The maximum Gasteiger partial charge on any atom is 0.223 e. The van der Waals surface area contributed by atoms with Crippen LogP contribution >= 0.6 is 11.8 Å². The largest absolute Gasteiger partial charge is 0.376 e. The monoisotopic (exact) mass is 336 g/mol. The summed E-state index contributed by atoms with van der Waals surface area (Å²) in [5.74, 6) is 1.91. The molecule has 2 aliphatic rings. The number of methoxy groups -OCH3 is 1. The molecule has 6 nitrogen and oxygen atoms in total. The Balaban J connectivity index is 1.80. The third kappa shape index (κ3) is 4.34. The second kappa shape index (κ2) is 6.85. The summed E-state index contributed by atoms with van der Waals surface area (Å²) in [6.07, 6.45) is 3.36. The van der Waals surface area contributed by atoms with Crippen molar-refractivity contribution in [2.24, 2.45) is 5.92 Å². The van der Waals surface area contributed by atoms with Crippen molar-refractivity contribution in [1.82, 2.24) is 9.62 Å². The Labute approximate surface area is 131 Å². The summed E-state index contributed by atoms with van der Waals surface area (Å²) in [7, 11) is -1.44. The van der Waals surface area contributed by atoms with Crippen LogP contribution in [0.2, 0.25) is 0 Å². The fourth-order valence-corrected chi connectivity index (χ4v) is 5.07. The molecule has 1 amide bonds. The van der Waals surface area contributed by atoms with Crippen LogP contribution in [-0.4, -0.2) is 68.7 Å². The van der Waals surface area contributed by atoms with Gasteiger partial charge >= 0.3 is 0 Å². The molecule has 0 bridgehead atoms. The standard InChI is InChI=1S/C13H24N2O4S2/c1-19-13(5-8-20-10-13)9-14-12(16)11-3-6-15(7-4-11)21(2,17)18/h11H,3-10H2,1-2H3,(H,14,16)/t13-/m0/s1.